The van der Waals surface area contributed by atoms with Gasteiger partial charge in [-0.3, -0.25) is 9.20 Å². The Morgan fingerprint density at radius 2 is 1.87 bits per heavy atom. The number of rotatable bonds is 6. The van der Waals surface area contributed by atoms with E-state index in [1.54, 1.807) is 19.2 Å². The normalized spacial score (nSPS) is 13.3. The molecule has 6 nitrogen and oxygen atoms in total. The number of methoxy groups -OCH3 is 1. The van der Waals surface area contributed by atoms with Gasteiger partial charge in [0.2, 0.25) is 5.91 Å². The first-order chi connectivity index (χ1) is 14.9. The van der Waals surface area contributed by atoms with Gasteiger partial charge in [0.05, 0.1) is 23.9 Å². The maximum Gasteiger partial charge on any atom is 0.233 e. The molecular formula is C23H23FN4O2S. The van der Waals surface area contributed by atoms with Crippen LogP contribution in [0.5, 0.6) is 5.75 Å². The molecule has 0 aliphatic rings. The number of pyridine rings is 1. The molecule has 4 aromatic rings. The summed E-state index contributed by atoms with van der Waals surface area (Å²) in [4.78, 5) is 12.8. The summed E-state index contributed by atoms with van der Waals surface area (Å²) >= 11 is 1.34. The van der Waals surface area contributed by atoms with E-state index in [0.717, 1.165) is 27.8 Å². The first kappa shape index (κ1) is 21.1. The number of nitrogens with one attached hydrogen (secondary N) is 1. The molecule has 8 heteroatoms. The van der Waals surface area contributed by atoms with Gasteiger partial charge in [-0.25, -0.2) is 4.39 Å². The van der Waals surface area contributed by atoms with Crippen molar-refractivity contribution in [2.75, 3.05) is 7.11 Å². The summed E-state index contributed by atoms with van der Waals surface area (Å²) in [6.07, 6.45) is 0. The summed E-state index contributed by atoms with van der Waals surface area (Å²) in [7, 11) is 1.63. The number of hydrogen-bond donors (Lipinski definition) is 1. The highest BCUT2D eigenvalue weighted by Crippen LogP contribution is 2.30. The number of amides is 1. The van der Waals surface area contributed by atoms with E-state index in [9.17, 15) is 9.18 Å². The quantitative estimate of drug-likeness (QED) is 0.442. The van der Waals surface area contributed by atoms with Crippen molar-refractivity contribution in [3.8, 4) is 5.75 Å². The van der Waals surface area contributed by atoms with Gasteiger partial charge < -0.3 is 10.1 Å². The summed E-state index contributed by atoms with van der Waals surface area (Å²) in [5.74, 6) is 0.305. The minimum Gasteiger partial charge on any atom is -0.497 e. The molecule has 1 N–H and O–H groups in total. The van der Waals surface area contributed by atoms with Crippen molar-refractivity contribution in [2.45, 2.75) is 37.2 Å². The summed E-state index contributed by atoms with van der Waals surface area (Å²) in [5.41, 5.74) is 3.57. The SMILES string of the molecule is COc1ccc2c(C)cc3nnc(SC(C)C(=O)NC(C)c4ccc(F)cc4)n3c2c1. The highest BCUT2D eigenvalue weighted by Gasteiger charge is 2.21. The number of carbonyl (C=O) groups excluding carboxylic acids is 1. The van der Waals surface area contributed by atoms with Crippen molar-refractivity contribution in [3.63, 3.8) is 0 Å². The highest BCUT2D eigenvalue weighted by atomic mass is 32.2. The van der Waals surface area contributed by atoms with Crippen molar-refractivity contribution in [1.82, 2.24) is 19.9 Å². The lowest BCUT2D eigenvalue weighted by Gasteiger charge is -2.17. The van der Waals surface area contributed by atoms with E-state index in [-0.39, 0.29) is 17.8 Å². The maximum absolute atomic E-state index is 13.2. The lowest BCUT2D eigenvalue weighted by atomic mass is 10.1. The van der Waals surface area contributed by atoms with Gasteiger partial charge >= 0.3 is 0 Å². The van der Waals surface area contributed by atoms with E-state index < -0.39 is 5.25 Å². The lowest BCUT2D eigenvalue weighted by Crippen LogP contribution is -2.33. The Bertz CT molecular complexity index is 1260. The zero-order chi connectivity index (χ0) is 22.1. The third-order valence-electron chi connectivity index (χ3n) is 5.25. The molecule has 0 radical (unpaired) electrons. The second kappa shape index (κ2) is 8.55. The number of aromatic nitrogens is 3. The van der Waals surface area contributed by atoms with Gasteiger partial charge in [0.25, 0.3) is 0 Å². The van der Waals surface area contributed by atoms with E-state index >= 15 is 0 Å². The fourth-order valence-corrected chi connectivity index (χ4v) is 4.36. The molecule has 0 fully saturated rings. The molecule has 2 atom stereocenters. The van der Waals surface area contributed by atoms with Gasteiger partial charge in [-0.15, -0.1) is 10.2 Å². The zero-order valence-corrected chi connectivity index (χ0v) is 18.5. The average molecular weight is 439 g/mol. The molecule has 0 bridgehead atoms. The van der Waals surface area contributed by atoms with Crippen LogP contribution in [0.2, 0.25) is 0 Å². The maximum atomic E-state index is 13.2. The number of benzene rings is 2. The zero-order valence-electron chi connectivity index (χ0n) is 17.7. The number of thioether (sulfide) groups is 1. The molecule has 1 amide bonds. The van der Waals surface area contributed by atoms with E-state index in [0.29, 0.717) is 10.8 Å². The molecule has 2 aromatic carbocycles. The van der Waals surface area contributed by atoms with Gasteiger partial charge in [-0.2, -0.15) is 0 Å². The molecule has 0 spiro atoms. The fraction of sp³-hybridized carbons (Fsp3) is 0.261. The standard InChI is InChI=1S/C23H23FN4O2S/c1-13-11-21-26-27-23(28(21)20-12-18(30-4)9-10-19(13)20)31-15(3)22(29)25-14(2)16-5-7-17(24)8-6-16/h5-12,14-15H,1-4H3,(H,25,29). The number of aryl methyl sites for hydroxylation is 1. The summed E-state index contributed by atoms with van der Waals surface area (Å²) in [6, 6.07) is 13.7. The van der Waals surface area contributed by atoms with Gasteiger partial charge in [-0.05, 0) is 62.2 Å². The third-order valence-corrected chi connectivity index (χ3v) is 6.30. The number of carbonyl (C=O) groups is 1. The Morgan fingerprint density at radius 1 is 1.13 bits per heavy atom. The van der Waals surface area contributed by atoms with Crippen LogP contribution in [-0.2, 0) is 4.79 Å². The molecule has 2 heterocycles. The Hall–Kier alpha value is -3.13. The first-order valence-corrected chi connectivity index (χ1v) is 10.8. The van der Waals surface area contributed by atoms with Crippen LogP contribution in [0.25, 0.3) is 16.6 Å². The van der Waals surface area contributed by atoms with Gasteiger partial charge in [-0.1, -0.05) is 23.9 Å². The third kappa shape index (κ3) is 4.20. The predicted molar refractivity (Wildman–Crippen MR) is 120 cm³/mol. The molecule has 0 saturated heterocycles. The first-order valence-electron chi connectivity index (χ1n) is 9.92. The van der Waals surface area contributed by atoms with Gasteiger partial charge in [0.15, 0.2) is 10.8 Å². The van der Waals surface area contributed by atoms with Gasteiger partial charge in [0.1, 0.15) is 11.6 Å². The smallest absolute Gasteiger partial charge is 0.233 e. The van der Waals surface area contributed by atoms with Crippen molar-refractivity contribution in [3.05, 3.63) is 65.5 Å². The minimum absolute atomic E-state index is 0.132. The molecular weight excluding hydrogens is 415 g/mol. The van der Waals surface area contributed by atoms with E-state index in [4.69, 9.17) is 4.74 Å². The molecule has 4 rings (SSSR count). The topological polar surface area (TPSA) is 68.5 Å². The minimum atomic E-state index is -0.405. The van der Waals surface area contributed by atoms with Crippen molar-refractivity contribution < 1.29 is 13.9 Å². The Morgan fingerprint density at radius 3 is 2.58 bits per heavy atom. The molecule has 0 aliphatic heterocycles. The van der Waals surface area contributed by atoms with Crippen LogP contribution in [0.15, 0.2) is 53.7 Å². The molecule has 31 heavy (non-hydrogen) atoms. The number of hydrogen-bond acceptors (Lipinski definition) is 5. The average Bonchev–Trinajstić information content (AvgIpc) is 3.16. The summed E-state index contributed by atoms with van der Waals surface area (Å²) in [5, 5.41) is 12.9. The summed E-state index contributed by atoms with van der Waals surface area (Å²) in [6.45, 7) is 5.73. The van der Waals surface area contributed by atoms with Crippen molar-refractivity contribution in [1.29, 1.82) is 0 Å². The van der Waals surface area contributed by atoms with Crippen LogP contribution < -0.4 is 10.1 Å². The van der Waals surface area contributed by atoms with E-state index in [1.165, 1.54) is 23.9 Å². The molecule has 2 unspecified atom stereocenters. The monoisotopic (exact) mass is 438 g/mol. The van der Waals surface area contributed by atoms with Gasteiger partial charge in [0, 0.05) is 11.5 Å². The second-order valence-corrected chi connectivity index (χ2v) is 8.74. The van der Waals surface area contributed by atoms with Crippen LogP contribution in [0.4, 0.5) is 4.39 Å². The highest BCUT2D eigenvalue weighted by molar-refractivity contribution is 8.00. The molecule has 2 aromatic heterocycles. The van der Waals surface area contributed by atoms with Crippen molar-refractivity contribution in [2.24, 2.45) is 0 Å². The van der Waals surface area contributed by atoms with Crippen LogP contribution >= 0.6 is 11.8 Å². The largest absolute Gasteiger partial charge is 0.497 e. The predicted octanol–water partition coefficient (Wildman–Crippen LogP) is 4.70. The van der Waals surface area contributed by atoms with Crippen LogP contribution in [-0.4, -0.2) is 32.9 Å². The Kier molecular flexibility index (Phi) is 5.82. The number of fused-ring (bicyclic) bond motifs is 3. The number of halogens is 1. The number of ether oxygens (including phenoxy) is 1. The fourth-order valence-electron chi connectivity index (χ4n) is 3.48. The number of nitrogens with zero attached hydrogens (tertiary/aromatic N) is 3. The lowest BCUT2D eigenvalue weighted by molar-refractivity contribution is -0.120. The van der Waals surface area contributed by atoms with Crippen molar-refractivity contribution >= 4 is 34.2 Å². The van der Waals surface area contributed by atoms with Crippen LogP contribution in [0.1, 0.15) is 31.0 Å². The van der Waals surface area contributed by atoms with Crippen LogP contribution in [0, 0.1) is 12.7 Å². The second-order valence-electron chi connectivity index (χ2n) is 7.43. The molecule has 0 aliphatic carbocycles. The Balaban J connectivity index is 1.59. The Labute approximate surface area is 183 Å². The van der Waals surface area contributed by atoms with E-state index in [1.807, 2.05) is 49.4 Å². The van der Waals surface area contributed by atoms with E-state index in [2.05, 4.69) is 15.5 Å². The summed E-state index contributed by atoms with van der Waals surface area (Å²) < 4.78 is 20.5. The van der Waals surface area contributed by atoms with Crippen LogP contribution in [0.3, 0.4) is 0 Å². The molecule has 0 saturated carbocycles. The molecule has 160 valence electrons.